The Balaban J connectivity index is 1.72. The summed E-state index contributed by atoms with van der Waals surface area (Å²) >= 11 is 13.2. The Morgan fingerprint density at radius 1 is 0.774 bits per heavy atom. The smallest absolute Gasteiger partial charge is 0.207 e. The molecule has 0 spiro atoms. The number of nitrogens with zero attached hydrogens (tertiary/aromatic N) is 4. The molecule has 0 bridgehead atoms. The van der Waals surface area contributed by atoms with Crippen LogP contribution >= 0.6 is 34.5 Å². The van der Waals surface area contributed by atoms with Gasteiger partial charge in [-0.15, -0.1) is 16.4 Å². The Hall–Kier alpha value is -3.06. The minimum absolute atomic E-state index is 0.298. The van der Waals surface area contributed by atoms with Crippen LogP contribution in [0.2, 0.25) is 10.0 Å². The average molecular weight is 469 g/mol. The van der Waals surface area contributed by atoms with Crippen LogP contribution in [-0.2, 0) is 0 Å². The van der Waals surface area contributed by atoms with Gasteiger partial charge in [-0.25, -0.2) is 9.07 Å². The number of rotatable bonds is 5. The van der Waals surface area contributed by atoms with Crippen LogP contribution in [0.1, 0.15) is 11.1 Å². The van der Waals surface area contributed by atoms with Crippen LogP contribution in [0.25, 0.3) is 11.3 Å². The van der Waals surface area contributed by atoms with Crippen molar-refractivity contribution in [3.63, 3.8) is 0 Å². The molecule has 31 heavy (non-hydrogen) atoms. The molecule has 0 radical (unpaired) electrons. The molecular formula is C23H15Cl2FN4S. The van der Waals surface area contributed by atoms with E-state index in [4.69, 9.17) is 23.2 Å². The second-order valence-electron chi connectivity index (χ2n) is 6.41. The summed E-state index contributed by atoms with van der Waals surface area (Å²) < 4.78 is 15.0. The van der Waals surface area contributed by atoms with Crippen LogP contribution in [0.5, 0.6) is 0 Å². The van der Waals surface area contributed by atoms with Gasteiger partial charge in [0.1, 0.15) is 5.82 Å². The average Bonchev–Trinajstić information content (AvgIpc) is 3.18. The van der Waals surface area contributed by atoms with Gasteiger partial charge in [-0.05, 0) is 59.7 Å². The van der Waals surface area contributed by atoms with E-state index in [1.807, 2.05) is 29.6 Å². The molecule has 0 saturated carbocycles. The molecule has 8 heteroatoms. The Morgan fingerprint density at radius 2 is 1.35 bits per heavy atom. The first-order valence-electron chi connectivity index (χ1n) is 9.17. The zero-order valence-corrected chi connectivity index (χ0v) is 18.3. The Kier molecular flexibility index (Phi) is 6.72. The summed E-state index contributed by atoms with van der Waals surface area (Å²) in [5.74, 6) is -0.298. The molecular weight excluding hydrogens is 454 g/mol. The third-order valence-electron chi connectivity index (χ3n) is 4.24. The van der Waals surface area contributed by atoms with Gasteiger partial charge >= 0.3 is 0 Å². The summed E-state index contributed by atoms with van der Waals surface area (Å²) in [6.07, 6.45) is 3.35. The fraction of sp³-hybridized carbons (Fsp3) is 0. The van der Waals surface area contributed by atoms with Gasteiger partial charge in [0.25, 0.3) is 0 Å². The Morgan fingerprint density at radius 3 is 1.97 bits per heavy atom. The maximum absolute atomic E-state index is 13.4. The van der Waals surface area contributed by atoms with Crippen molar-refractivity contribution in [1.82, 2.24) is 4.68 Å². The van der Waals surface area contributed by atoms with E-state index < -0.39 is 0 Å². The summed E-state index contributed by atoms with van der Waals surface area (Å²) in [5.41, 5.74) is 3.34. The van der Waals surface area contributed by atoms with E-state index >= 15 is 0 Å². The number of hydrogen-bond donors (Lipinski definition) is 0. The zero-order chi connectivity index (χ0) is 21.6. The van der Waals surface area contributed by atoms with Crippen LogP contribution in [0, 0.1) is 5.82 Å². The molecule has 154 valence electrons. The lowest BCUT2D eigenvalue weighted by molar-refractivity contribution is 0.628. The highest BCUT2D eigenvalue weighted by Crippen LogP contribution is 2.20. The quantitative estimate of drug-likeness (QED) is 0.237. The van der Waals surface area contributed by atoms with Crippen molar-refractivity contribution in [3.05, 3.63) is 110 Å². The van der Waals surface area contributed by atoms with E-state index in [1.165, 1.54) is 23.5 Å². The second kappa shape index (κ2) is 9.83. The molecule has 0 aliphatic carbocycles. The molecule has 0 fully saturated rings. The highest BCUT2D eigenvalue weighted by Gasteiger charge is 2.08. The van der Waals surface area contributed by atoms with Gasteiger partial charge in [-0.1, -0.05) is 47.5 Å². The van der Waals surface area contributed by atoms with Gasteiger partial charge in [-0.2, -0.15) is 10.2 Å². The molecule has 3 aromatic carbocycles. The first kappa shape index (κ1) is 21.2. The third-order valence-corrected chi connectivity index (χ3v) is 5.55. The summed E-state index contributed by atoms with van der Waals surface area (Å²) in [6, 6.07) is 20.8. The van der Waals surface area contributed by atoms with Gasteiger partial charge in [0.15, 0.2) is 0 Å². The molecule has 0 aliphatic rings. The van der Waals surface area contributed by atoms with Gasteiger partial charge < -0.3 is 0 Å². The summed E-state index contributed by atoms with van der Waals surface area (Å²) in [6.45, 7) is 0. The van der Waals surface area contributed by atoms with E-state index in [9.17, 15) is 4.39 Å². The van der Waals surface area contributed by atoms with E-state index in [0.717, 1.165) is 22.4 Å². The molecule has 0 atom stereocenters. The lowest BCUT2D eigenvalue weighted by Crippen LogP contribution is -2.11. The highest BCUT2D eigenvalue weighted by atomic mass is 35.5. The Bertz CT molecular complexity index is 1290. The van der Waals surface area contributed by atoms with E-state index in [0.29, 0.717) is 14.8 Å². The molecule has 1 aromatic heterocycles. The number of thiazole rings is 1. The highest BCUT2D eigenvalue weighted by molar-refractivity contribution is 7.07. The van der Waals surface area contributed by atoms with Gasteiger partial charge in [0, 0.05) is 21.0 Å². The van der Waals surface area contributed by atoms with E-state index in [1.54, 1.807) is 53.5 Å². The fourth-order valence-corrected chi connectivity index (χ4v) is 3.71. The molecule has 0 unspecified atom stereocenters. The van der Waals surface area contributed by atoms with E-state index in [-0.39, 0.29) is 5.82 Å². The molecule has 4 nitrogen and oxygen atoms in total. The third kappa shape index (κ3) is 5.55. The van der Waals surface area contributed by atoms with Crippen molar-refractivity contribution in [2.45, 2.75) is 0 Å². The topological polar surface area (TPSA) is 42.0 Å². The van der Waals surface area contributed by atoms with Crippen molar-refractivity contribution >= 4 is 47.0 Å². The molecule has 0 saturated heterocycles. The van der Waals surface area contributed by atoms with Crippen molar-refractivity contribution in [3.8, 4) is 11.3 Å². The maximum atomic E-state index is 13.4. The number of benzene rings is 3. The maximum Gasteiger partial charge on any atom is 0.231 e. The first-order valence-corrected chi connectivity index (χ1v) is 10.8. The fourth-order valence-electron chi connectivity index (χ4n) is 2.67. The predicted molar refractivity (Wildman–Crippen MR) is 127 cm³/mol. The van der Waals surface area contributed by atoms with Gasteiger partial charge in [-0.3, -0.25) is 0 Å². The minimum Gasteiger partial charge on any atom is -0.207 e. The van der Waals surface area contributed by atoms with Crippen LogP contribution in [0.3, 0.4) is 0 Å². The van der Waals surface area contributed by atoms with Crippen LogP contribution in [-0.4, -0.2) is 17.1 Å². The van der Waals surface area contributed by atoms with Crippen molar-refractivity contribution < 1.29 is 4.39 Å². The van der Waals surface area contributed by atoms with Crippen LogP contribution in [0.4, 0.5) is 4.39 Å². The van der Waals surface area contributed by atoms with Gasteiger partial charge in [0.2, 0.25) is 4.80 Å². The van der Waals surface area contributed by atoms with Crippen molar-refractivity contribution in [1.29, 1.82) is 0 Å². The molecule has 4 rings (SSSR count). The van der Waals surface area contributed by atoms with Crippen molar-refractivity contribution in [2.24, 2.45) is 15.3 Å². The predicted octanol–water partition coefficient (Wildman–Crippen LogP) is 6.48. The molecule has 0 amide bonds. The zero-order valence-electron chi connectivity index (χ0n) is 16.0. The first-order chi connectivity index (χ1) is 15.1. The lowest BCUT2D eigenvalue weighted by atomic mass is 10.2. The largest absolute Gasteiger partial charge is 0.231 e. The molecule has 0 N–H and O–H groups in total. The molecule has 1 heterocycles. The number of aromatic nitrogens is 1. The van der Waals surface area contributed by atoms with Crippen LogP contribution < -0.4 is 4.80 Å². The summed E-state index contributed by atoms with van der Waals surface area (Å²) in [4.78, 5) is 0.565. The number of halogens is 3. The standard InChI is InChI=1S/C23H15Cl2FN4S/c24-19-7-1-16(2-8-19)13-27-29-23-30(28-14-17-3-9-20(25)10-4-17)22(15-31-23)18-5-11-21(26)12-6-18/h1-15H/b27-13+,28-14+,29-23-. The van der Waals surface area contributed by atoms with Crippen LogP contribution in [0.15, 0.2) is 93.5 Å². The lowest BCUT2D eigenvalue weighted by Gasteiger charge is -2.03. The summed E-state index contributed by atoms with van der Waals surface area (Å²) in [5, 5.41) is 16.3. The normalized spacial score (nSPS) is 12.3. The number of hydrogen-bond acceptors (Lipinski definition) is 4. The second-order valence-corrected chi connectivity index (χ2v) is 8.12. The molecule has 0 aliphatic heterocycles. The molecule has 4 aromatic rings. The van der Waals surface area contributed by atoms with E-state index in [2.05, 4.69) is 15.3 Å². The van der Waals surface area contributed by atoms with Crippen molar-refractivity contribution in [2.75, 3.05) is 0 Å². The summed E-state index contributed by atoms with van der Waals surface area (Å²) in [7, 11) is 0. The SMILES string of the molecule is Fc1ccc(-c2cs/c(=N\N=C\c3ccc(Cl)cc3)n2/N=C/c2ccc(Cl)cc2)cc1. The minimum atomic E-state index is -0.298. The monoisotopic (exact) mass is 468 g/mol. The van der Waals surface area contributed by atoms with Gasteiger partial charge in [0.05, 0.1) is 18.1 Å². The Labute approximate surface area is 192 Å².